The van der Waals surface area contributed by atoms with Crippen molar-refractivity contribution in [1.29, 1.82) is 0 Å². The predicted octanol–water partition coefficient (Wildman–Crippen LogP) is 1.87. The van der Waals surface area contributed by atoms with Crippen LogP contribution in [0.15, 0.2) is 53.4 Å². The van der Waals surface area contributed by atoms with Crippen LogP contribution in [0.25, 0.3) is 0 Å². The molecule has 2 aromatic carbocycles. The number of aliphatic carboxylic acids is 1. The molecule has 0 fully saturated rings. The fourth-order valence-corrected chi connectivity index (χ4v) is 3.88. The van der Waals surface area contributed by atoms with Crippen LogP contribution in [0.5, 0.6) is 0 Å². The van der Waals surface area contributed by atoms with E-state index in [0.29, 0.717) is 5.56 Å². The number of hydrogen-bond acceptors (Lipinski definition) is 4. The maximum Gasteiger partial charge on any atom is 0.330 e. The summed E-state index contributed by atoms with van der Waals surface area (Å²) in [5.74, 6) is -1.93. The van der Waals surface area contributed by atoms with Gasteiger partial charge in [-0.1, -0.05) is 47.5 Å². The van der Waals surface area contributed by atoms with Gasteiger partial charge in [0.2, 0.25) is 15.9 Å². The number of carboxylic acid groups (broad SMARTS) is 1. The lowest BCUT2D eigenvalue weighted by Gasteiger charge is -2.20. The van der Waals surface area contributed by atoms with Crippen LogP contribution < -0.4 is 5.32 Å². The average molecular weight is 390 g/mol. The molecule has 0 spiro atoms. The van der Waals surface area contributed by atoms with E-state index in [1.807, 2.05) is 19.9 Å². The number of aryl methyl sites for hydroxylation is 2. The van der Waals surface area contributed by atoms with Crippen LogP contribution in [0, 0.1) is 13.8 Å². The average Bonchev–Trinajstić information content (AvgIpc) is 2.59. The van der Waals surface area contributed by atoms with E-state index in [1.54, 1.807) is 30.3 Å². The van der Waals surface area contributed by atoms with Gasteiger partial charge in [-0.05, 0) is 31.5 Å². The number of nitrogens with one attached hydrogen (secondary N) is 1. The standard InChI is InChI=1S/C19H22N2O5S/c1-13-9-14(2)11-15(10-13)18(19(23)24)20-17(22)12-21(3)27(25,26)16-7-5-4-6-8-16/h4-11,18H,12H2,1-3H3,(H,20,22)(H,23,24). The SMILES string of the molecule is Cc1cc(C)cc(C(NC(=O)CN(C)S(=O)(=O)c2ccccc2)C(=O)O)c1. The number of nitrogens with zero attached hydrogens (tertiary/aromatic N) is 1. The van der Waals surface area contributed by atoms with Gasteiger partial charge in [0.05, 0.1) is 11.4 Å². The van der Waals surface area contributed by atoms with Gasteiger partial charge in [0.15, 0.2) is 6.04 Å². The predicted molar refractivity (Wildman–Crippen MR) is 101 cm³/mol. The number of carbonyl (C=O) groups excluding carboxylic acids is 1. The van der Waals surface area contributed by atoms with Crippen molar-refractivity contribution in [3.63, 3.8) is 0 Å². The molecule has 1 amide bonds. The first kappa shape index (κ1) is 20.6. The molecule has 2 N–H and O–H groups in total. The highest BCUT2D eigenvalue weighted by Gasteiger charge is 2.26. The number of amides is 1. The van der Waals surface area contributed by atoms with E-state index < -0.39 is 34.5 Å². The minimum absolute atomic E-state index is 0.0596. The van der Waals surface area contributed by atoms with E-state index in [2.05, 4.69) is 5.32 Å². The highest BCUT2D eigenvalue weighted by atomic mass is 32.2. The lowest BCUT2D eigenvalue weighted by molar-refractivity contribution is -0.142. The second-order valence-corrected chi connectivity index (χ2v) is 8.38. The maximum absolute atomic E-state index is 12.5. The Morgan fingerprint density at radius 1 is 1.07 bits per heavy atom. The Balaban J connectivity index is 2.15. The summed E-state index contributed by atoms with van der Waals surface area (Å²) < 4.78 is 25.8. The Labute approximate surface area is 158 Å². The zero-order chi connectivity index (χ0) is 20.2. The Bertz CT molecular complexity index is 922. The first-order valence-corrected chi connectivity index (χ1v) is 9.67. The molecule has 0 saturated carbocycles. The van der Waals surface area contributed by atoms with Crippen LogP contribution in [0.4, 0.5) is 0 Å². The van der Waals surface area contributed by atoms with E-state index in [4.69, 9.17) is 0 Å². The van der Waals surface area contributed by atoms with Gasteiger partial charge >= 0.3 is 5.97 Å². The summed E-state index contributed by atoms with van der Waals surface area (Å²) in [5.41, 5.74) is 2.17. The van der Waals surface area contributed by atoms with Crippen LogP contribution >= 0.6 is 0 Å². The molecule has 0 bridgehead atoms. The molecular formula is C19H22N2O5S. The molecular weight excluding hydrogens is 368 g/mol. The number of carbonyl (C=O) groups is 2. The number of sulfonamides is 1. The lowest BCUT2D eigenvalue weighted by Crippen LogP contribution is -2.41. The highest BCUT2D eigenvalue weighted by molar-refractivity contribution is 7.89. The normalized spacial score (nSPS) is 12.6. The second kappa shape index (κ2) is 8.32. The molecule has 0 saturated heterocycles. The third-order valence-electron chi connectivity index (χ3n) is 3.95. The Hall–Kier alpha value is -2.71. The minimum Gasteiger partial charge on any atom is -0.479 e. The number of likely N-dealkylation sites (N-methyl/N-ethyl adjacent to an activating group) is 1. The van der Waals surface area contributed by atoms with E-state index in [-0.39, 0.29) is 4.90 Å². The summed E-state index contributed by atoms with van der Waals surface area (Å²) in [7, 11) is -2.57. The van der Waals surface area contributed by atoms with Crippen LogP contribution in [-0.4, -0.2) is 43.3 Å². The molecule has 0 aromatic heterocycles. The molecule has 2 rings (SSSR count). The van der Waals surface area contributed by atoms with Gasteiger partial charge in [-0.3, -0.25) is 4.79 Å². The lowest BCUT2D eigenvalue weighted by atomic mass is 10.0. The number of hydrogen-bond donors (Lipinski definition) is 2. The van der Waals surface area contributed by atoms with Crippen molar-refractivity contribution >= 4 is 21.9 Å². The molecule has 7 nitrogen and oxygen atoms in total. The van der Waals surface area contributed by atoms with E-state index in [0.717, 1.165) is 15.4 Å². The zero-order valence-corrected chi connectivity index (χ0v) is 16.2. The van der Waals surface area contributed by atoms with E-state index in [1.165, 1.54) is 19.2 Å². The minimum atomic E-state index is -3.84. The summed E-state index contributed by atoms with van der Waals surface area (Å²) in [6.07, 6.45) is 0. The number of carboxylic acids is 1. The fourth-order valence-electron chi connectivity index (χ4n) is 2.73. The molecule has 0 aliphatic heterocycles. The number of benzene rings is 2. The van der Waals surface area contributed by atoms with E-state index in [9.17, 15) is 23.1 Å². The van der Waals surface area contributed by atoms with Crippen molar-refractivity contribution < 1.29 is 23.1 Å². The Morgan fingerprint density at radius 2 is 1.63 bits per heavy atom. The highest BCUT2D eigenvalue weighted by Crippen LogP contribution is 2.18. The van der Waals surface area contributed by atoms with Crippen molar-refractivity contribution in [2.75, 3.05) is 13.6 Å². The first-order chi connectivity index (χ1) is 12.6. The molecule has 0 heterocycles. The molecule has 2 aromatic rings. The quantitative estimate of drug-likeness (QED) is 0.751. The molecule has 27 heavy (non-hydrogen) atoms. The summed E-state index contributed by atoms with van der Waals surface area (Å²) in [6.45, 7) is 3.17. The number of rotatable bonds is 7. The third-order valence-corrected chi connectivity index (χ3v) is 5.76. The summed E-state index contributed by atoms with van der Waals surface area (Å²) in [4.78, 5) is 24.0. The van der Waals surface area contributed by atoms with Crippen LogP contribution in [0.2, 0.25) is 0 Å². The topological polar surface area (TPSA) is 104 Å². The third kappa shape index (κ3) is 5.15. The smallest absolute Gasteiger partial charge is 0.330 e. The zero-order valence-electron chi connectivity index (χ0n) is 15.3. The molecule has 144 valence electrons. The molecule has 1 atom stereocenters. The Kier molecular flexibility index (Phi) is 6.35. The molecule has 0 aliphatic rings. The van der Waals surface area contributed by atoms with Crippen molar-refractivity contribution in [3.8, 4) is 0 Å². The molecule has 0 aliphatic carbocycles. The van der Waals surface area contributed by atoms with Gasteiger partial charge in [0, 0.05) is 7.05 Å². The summed E-state index contributed by atoms with van der Waals surface area (Å²) in [6, 6.07) is 11.7. The van der Waals surface area contributed by atoms with Crippen molar-refractivity contribution in [2.24, 2.45) is 0 Å². The summed E-state index contributed by atoms with van der Waals surface area (Å²) >= 11 is 0. The largest absolute Gasteiger partial charge is 0.479 e. The van der Waals surface area contributed by atoms with Gasteiger partial charge < -0.3 is 10.4 Å². The monoisotopic (exact) mass is 390 g/mol. The first-order valence-electron chi connectivity index (χ1n) is 8.23. The second-order valence-electron chi connectivity index (χ2n) is 6.33. The van der Waals surface area contributed by atoms with Gasteiger partial charge in [-0.2, -0.15) is 4.31 Å². The molecule has 1 unspecified atom stereocenters. The molecule has 0 radical (unpaired) electrons. The Morgan fingerprint density at radius 3 is 2.15 bits per heavy atom. The summed E-state index contributed by atoms with van der Waals surface area (Å²) in [5, 5.41) is 11.9. The van der Waals surface area contributed by atoms with Crippen LogP contribution in [-0.2, 0) is 19.6 Å². The van der Waals surface area contributed by atoms with Crippen LogP contribution in [0.1, 0.15) is 22.7 Å². The maximum atomic E-state index is 12.5. The van der Waals surface area contributed by atoms with E-state index >= 15 is 0 Å². The van der Waals surface area contributed by atoms with Gasteiger partial charge in [-0.15, -0.1) is 0 Å². The van der Waals surface area contributed by atoms with Gasteiger partial charge in [0.25, 0.3) is 0 Å². The van der Waals surface area contributed by atoms with Crippen molar-refractivity contribution in [3.05, 3.63) is 65.2 Å². The van der Waals surface area contributed by atoms with Crippen molar-refractivity contribution in [1.82, 2.24) is 9.62 Å². The van der Waals surface area contributed by atoms with Gasteiger partial charge in [-0.25, -0.2) is 13.2 Å². The fraction of sp³-hybridized carbons (Fsp3) is 0.263. The van der Waals surface area contributed by atoms with Crippen molar-refractivity contribution in [2.45, 2.75) is 24.8 Å². The van der Waals surface area contributed by atoms with Gasteiger partial charge in [0.1, 0.15) is 0 Å². The molecule has 8 heteroatoms. The van der Waals surface area contributed by atoms with Crippen LogP contribution in [0.3, 0.4) is 0 Å².